The fourth-order valence-electron chi connectivity index (χ4n) is 4.79. The number of hydrogen-bond acceptors (Lipinski definition) is 8. The van der Waals surface area contributed by atoms with Crippen LogP contribution in [-0.2, 0) is 4.74 Å². The van der Waals surface area contributed by atoms with Crippen molar-refractivity contribution in [2.24, 2.45) is 0 Å². The summed E-state index contributed by atoms with van der Waals surface area (Å²) in [6, 6.07) is 5.03. The number of ether oxygens (including phenoxy) is 1. The molecule has 2 aliphatic rings. The van der Waals surface area contributed by atoms with Gasteiger partial charge in [0.25, 0.3) is 12.3 Å². The van der Waals surface area contributed by atoms with Crippen LogP contribution in [0.1, 0.15) is 29.4 Å². The summed E-state index contributed by atoms with van der Waals surface area (Å²) >= 11 is 0. The normalized spacial score (nSPS) is 18.3. The quantitative estimate of drug-likeness (QED) is 0.454. The molecule has 2 saturated heterocycles. The molecule has 212 valence electrons. The zero-order chi connectivity index (χ0) is 28.4. The highest BCUT2D eigenvalue weighted by atomic mass is 19.3. The van der Waals surface area contributed by atoms with E-state index in [1.807, 2.05) is 23.8 Å². The molecular weight excluding hydrogens is 530 g/mol. The highest BCUT2D eigenvalue weighted by Gasteiger charge is 2.27. The molecule has 0 spiro atoms. The van der Waals surface area contributed by atoms with E-state index < -0.39 is 35.2 Å². The number of morpholine rings is 1. The number of likely N-dealkylation sites (N-methyl/N-ethyl adjacent to an activating group) is 1. The zero-order valence-electron chi connectivity index (χ0n) is 22.1. The van der Waals surface area contributed by atoms with E-state index in [0.29, 0.717) is 69.8 Å². The molecule has 0 unspecified atom stereocenters. The molecule has 2 aromatic heterocycles. The van der Waals surface area contributed by atoms with Crippen LogP contribution in [0.15, 0.2) is 36.7 Å². The number of aromatic nitrogens is 3. The predicted octanol–water partition coefficient (Wildman–Crippen LogP) is 3.98. The van der Waals surface area contributed by atoms with Crippen molar-refractivity contribution >= 4 is 23.2 Å². The first-order chi connectivity index (χ1) is 19.2. The van der Waals surface area contributed by atoms with Crippen LogP contribution in [0.2, 0.25) is 0 Å². The summed E-state index contributed by atoms with van der Waals surface area (Å²) in [6.45, 7) is 6.04. The molecule has 2 aliphatic heterocycles. The molecule has 13 heteroatoms. The lowest BCUT2D eigenvalue weighted by molar-refractivity contribution is 0.100. The molecule has 9 nitrogen and oxygen atoms in total. The number of benzene rings is 1. The summed E-state index contributed by atoms with van der Waals surface area (Å²) in [5.41, 5.74) is -0.485. The maximum absolute atomic E-state index is 15.7. The Morgan fingerprint density at radius 3 is 2.58 bits per heavy atom. The number of amides is 1. The smallest absolute Gasteiger partial charge is 0.274 e. The molecule has 0 saturated carbocycles. The Balaban J connectivity index is 1.55. The Morgan fingerprint density at radius 1 is 1.07 bits per heavy atom. The second-order valence-electron chi connectivity index (χ2n) is 9.81. The molecule has 0 bridgehead atoms. The van der Waals surface area contributed by atoms with Gasteiger partial charge in [0.1, 0.15) is 17.3 Å². The highest BCUT2D eigenvalue weighted by Crippen LogP contribution is 2.36. The second-order valence-corrected chi connectivity index (χ2v) is 9.81. The summed E-state index contributed by atoms with van der Waals surface area (Å²) < 4.78 is 61.9. The molecule has 1 N–H and O–H groups in total. The number of piperazine rings is 1. The lowest BCUT2D eigenvalue weighted by Crippen LogP contribution is -2.50. The van der Waals surface area contributed by atoms with Gasteiger partial charge in [-0.3, -0.25) is 4.79 Å². The van der Waals surface area contributed by atoms with E-state index in [1.54, 1.807) is 6.07 Å². The summed E-state index contributed by atoms with van der Waals surface area (Å²) in [5, 5.41) is 2.63. The summed E-state index contributed by atoms with van der Waals surface area (Å²) in [4.78, 5) is 31.7. The molecule has 1 amide bonds. The molecule has 4 heterocycles. The lowest BCUT2D eigenvalue weighted by atomic mass is 10.1. The topological polar surface area (TPSA) is 86.7 Å². The third kappa shape index (κ3) is 5.85. The van der Waals surface area contributed by atoms with E-state index >= 15 is 4.39 Å². The second kappa shape index (κ2) is 11.7. The first-order valence-corrected chi connectivity index (χ1v) is 12.9. The van der Waals surface area contributed by atoms with E-state index in [0.717, 1.165) is 0 Å². The third-order valence-electron chi connectivity index (χ3n) is 7.18. The number of carbonyl (C=O) groups excluding carboxylic acids is 1. The maximum atomic E-state index is 15.7. The largest absolute Gasteiger partial charge is 0.378 e. The van der Waals surface area contributed by atoms with Gasteiger partial charge < -0.3 is 24.8 Å². The fourth-order valence-corrected chi connectivity index (χ4v) is 4.79. The number of alkyl halides is 2. The average molecular weight is 560 g/mol. The number of hydrogen-bond donors (Lipinski definition) is 1. The van der Waals surface area contributed by atoms with Gasteiger partial charge in [-0.15, -0.1) is 0 Å². The number of rotatable bonds is 6. The average Bonchev–Trinajstić information content (AvgIpc) is 2.95. The summed E-state index contributed by atoms with van der Waals surface area (Å²) in [7, 11) is 1.99. The first kappa shape index (κ1) is 27.7. The van der Waals surface area contributed by atoms with Crippen molar-refractivity contribution in [1.82, 2.24) is 19.9 Å². The van der Waals surface area contributed by atoms with Gasteiger partial charge in [0.05, 0.1) is 42.0 Å². The number of halogens is 4. The molecular formula is C27H29F4N7O2. The maximum Gasteiger partial charge on any atom is 0.274 e. The van der Waals surface area contributed by atoms with Gasteiger partial charge in [-0.25, -0.2) is 32.5 Å². The molecule has 40 heavy (non-hydrogen) atoms. The number of carbonyl (C=O) groups is 1. The van der Waals surface area contributed by atoms with Crippen molar-refractivity contribution in [2.75, 3.05) is 68.1 Å². The van der Waals surface area contributed by atoms with Gasteiger partial charge in [0.15, 0.2) is 0 Å². The number of nitrogens with zero attached hydrogens (tertiary/aromatic N) is 6. The minimum Gasteiger partial charge on any atom is -0.378 e. The SMILES string of the molecule is C[C@H]1CN(c2cc(F)c(-c3ccnc(N4CCOCC4)n3)cc2NC(=O)c2ncc(F)cc2C(F)F)CCN1C. The third-order valence-corrected chi connectivity index (χ3v) is 7.18. The Hall–Kier alpha value is -3.84. The van der Waals surface area contributed by atoms with Crippen molar-refractivity contribution in [3.8, 4) is 11.3 Å². The van der Waals surface area contributed by atoms with Crippen LogP contribution in [0, 0.1) is 11.6 Å². The van der Waals surface area contributed by atoms with Gasteiger partial charge in [0, 0.05) is 50.5 Å². The van der Waals surface area contributed by atoms with Gasteiger partial charge in [0.2, 0.25) is 5.95 Å². The summed E-state index contributed by atoms with van der Waals surface area (Å²) in [6.07, 6.45) is -0.892. The fraction of sp³-hybridized carbons (Fsp3) is 0.407. The molecule has 0 aliphatic carbocycles. The minimum atomic E-state index is -3.12. The lowest BCUT2D eigenvalue weighted by Gasteiger charge is -2.39. The number of anilines is 3. The van der Waals surface area contributed by atoms with E-state index in [9.17, 15) is 18.0 Å². The van der Waals surface area contributed by atoms with Crippen molar-refractivity contribution in [3.63, 3.8) is 0 Å². The van der Waals surface area contributed by atoms with Crippen molar-refractivity contribution in [2.45, 2.75) is 19.4 Å². The van der Waals surface area contributed by atoms with Crippen LogP contribution >= 0.6 is 0 Å². The van der Waals surface area contributed by atoms with Crippen LogP contribution in [0.3, 0.4) is 0 Å². The molecule has 5 rings (SSSR count). The summed E-state index contributed by atoms with van der Waals surface area (Å²) in [5.74, 6) is -2.10. The standard InChI is InChI=1S/C27H29F4N7O2/c1-16-15-38(6-5-36(16)2)23-13-20(29)18(21-3-4-32-27(35-21)37-7-9-40-10-8-37)12-22(23)34-26(39)24-19(25(30)31)11-17(28)14-33-24/h3-4,11-14,16,25H,5-10,15H2,1-2H3,(H,34,39)/t16-/m0/s1. The van der Waals surface area contributed by atoms with E-state index in [2.05, 4.69) is 25.2 Å². The van der Waals surface area contributed by atoms with Crippen molar-refractivity contribution in [1.29, 1.82) is 0 Å². The van der Waals surface area contributed by atoms with Crippen molar-refractivity contribution in [3.05, 3.63) is 59.6 Å². The van der Waals surface area contributed by atoms with Crippen LogP contribution in [-0.4, -0.2) is 84.8 Å². The molecule has 1 atom stereocenters. The molecule has 1 aromatic carbocycles. The molecule has 3 aromatic rings. The molecule has 0 radical (unpaired) electrons. The number of nitrogens with one attached hydrogen (secondary N) is 1. The van der Waals surface area contributed by atoms with E-state index in [1.165, 1.54) is 18.3 Å². The van der Waals surface area contributed by atoms with E-state index in [-0.39, 0.29) is 23.0 Å². The van der Waals surface area contributed by atoms with Gasteiger partial charge >= 0.3 is 0 Å². The van der Waals surface area contributed by atoms with Gasteiger partial charge in [-0.2, -0.15) is 0 Å². The van der Waals surface area contributed by atoms with Gasteiger partial charge in [-0.05, 0) is 38.2 Å². The van der Waals surface area contributed by atoms with Crippen LogP contribution in [0.5, 0.6) is 0 Å². The monoisotopic (exact) mass is 559 g/mol. The van der Waals surface area contributed by atoms with Crippen LogP contribution < -0.4 is 15.1 Å². The van der Waals surface area contributed by atoms with Crippen LogP contribution in [0.4, 0.5) is 34.9 Å². The Morgan fingerprint density at radius 2 is 1.85 bits per heavy atom. The minimum absolute atomic E-state index is 0.0966. The zero-order valence-corrected chi connectivity index (χ0v) is 22.1. The molecule has 2 fully saturated rings. The Labute approximate surface area is 228 Å². The first-order valence-electron chi connectivity index (χ1n) is 12.9. The number of pyridine rings is 1. The van der Waals surface area contributed by atoms with Gasteiger partial charge in [-0.1, -0.05) is 0 Å². The van der Waals surface area contributed by atoms with Crippen molar-refractivity contribution < 1.29 is 27.1 Å². The Kier molecular flexibility index (Phi) is 8.12. The predicted molar refractivity (Wildman–Crippen MR) is 142 cm³/mol. The highest BCUT2D eigenvalue weighted by molar-refractivity contribution is 6.06. The van der Waals surface area contributed by atoms with E-state index in [4.69, 9.17) is 4.74 Å². The Bertz CT molecular complexity index is 1390. The van der Waals surface area contributed by atoms with Crippen LogP contribution in [0.25, 0.3) is 11.3 Å².